The summed E-state index contributed by atoms with van der Waals surface area (Å²) in [6, 6.07) is 9.82. The number of amides is 1. The number of carbonyl (C=O) groups is 1. The van der Waals surface area contributed by atoms with Gasteiger partial charge in [-0.25, -0.2) is 9.37 Å². The third-order valence-corrected chi connectivity index (χ3v) is 3.68. The van der Waals surface area contributed by atoms with Crippen molar-refractivity contribution in [3.05, 3.63) is 59.7 Å². The molecule has 0 unspecified atom stereocenters. The fourth-order valence-electron chi connectivity index (χ4n) is 2.41. The summed E-state index contributed by atoms with van der Waals surface area (Å²) in [5, 5.41) is 2.55. The molecule has 0 bridgehead atoms. The highest BCUT2D eigenvalue weighted by molar-refractivity contribution is 6.05. The number of halogens is 1. The first-order chi connectivity index (χ1) is 12.6. The van der Waals surface area contributed by atoms with Crippen LogP contribution in [-0.4, -0.2) is 22.5 Å². The maximum absolute atomic E-state index is 14.5. The third kappa shape index (κ3) is 3.62. The minimum atomic E-state index is -0.654. The van der Waals surface area contributed by atoms with Crippen LogP contribution in [0.4, 0.5) is 10.1 Å². The van der Waals surface area contributed by atoms with E-state index < -0.39 is 11.7 Å². The number of aromatic nitrogens is 2. The van der Waals surface area contributed by atoms with Crippen molar-refractivity contribution in [2.24, 2.45) is 0 Å². The van der Waals surface area contributed by atoms with Crippen LogP contribution in [0, 0.1) is 24.6 Å². The molecule has 0 radical (unpaired) electrons. The first-order valence-corrected chi connectivity index (χ1v) is 7.95. The highest BCUT2D eigenvalue weighted by Crippen LogP contribution is 2.25. The van der Waals surface area contributed by atoms with Gasteiger partial charge in [-0.15, -0.1) is 5.92 Å². The molecular formula is C20H16FN3O2. The number of fused-ring (bicyclic) bond motifs is 1. The fraction of sp³-hybridized carbons (Fsp3) is 0.150. The van der Waals surface area contributed by atoms with Crippen molar-refractivity contribution >= 4 is 22.6 Å². The van der Waals surface area contributed by atoms with Crippen LogP contribution in [0.3, 0.4) is 0 Å². The Kier molecular flexibility index (Phi) is 5.09. The molecule has 0 saturated heterocycles. The molecule has 6 heteroatoms. The number of aryl methyl sites for hydroxylation is 1. The van der Waals surface area contributed by atoms with Crippen molar-refractivity contribution in [3.8, 4) is 17.6 Å². The Hall–Kier alpha value is -3.46. The lowest BCUT2D eigenvalue weighted by Gasteiger charge is -2.11. The van der Waals surface area contributed by atoms with Gasteiger partial charge in [-0.05, 0) is 49.7 Å². The molecule has 3 aromatic rings. The molecule has 0 aliphatic carbocycles. The summed E-state index contributed by atoms with van der Waals surface area (Å²) in [5.74, 6) is 4.23. The Morgan fingerprint density at radius 2 is 2.12 bits per heavy atom. The Bertz CT molecular complexity index is 1040. The van der Waals surface area contributed by atoms with Crippen LogP contribution in [0.5, 0.6) is 5.75 Å². The van der Waals surface area contributed by atoms with Crippen LogP contribution < -0.4 is 10.1 Å². The first kappa shape index (κ1) is 17.4. The molecule has 26 heavy (non-hydrogen) atoms. The van der Waals surface area contributed by atoms with Gasteiger partial charge in [-0.1, -0.05) is 12.0 Å². The highest BCUT2D eigenvalue weighted by Gasteiger charge is 2.16. The predicted octanol–water partition coefficient (Wildman–Crippen LogP) is 3.73. The predicted molar refractivity (Wildman–Crippen MR) is 97.6 cm³/mol. The second kappa shape index (κ2) is 7.62. The van der Waals surface area contributed by atoms with E-state index >= 15 is 0 Å². The highest BCUT2D eigenvalue weighted by atomic mass is 19.1. The lowest BCUT2D eigenvalue weighted by Crippen LogP contribution is -2.16. The van der Waals surface area contributed by atoms with Gasteiger partial charge in [0.1, 0.15) is 12.3 Å². The van der Waals surface area contributed by atoms with Gasteiger partial charge in [-0.3, -0.25) is 9.78 Å². The van der Waals surface area contributed by atoms with E-state index in [9.17, 15) is 9.18 Å². The van der Waals surface area contributed by atoms with E-state index in [1.54, 1.807) is 44.3 Å². The Labute approximate surface area is 150 Å². The van der Waals surface area contributed by atoms with E-state index in [2.05, 4.69) is 27.1 Å². The van der Waals surface area contributed by atoms with Crippen molar-refractivity contribution in [1.29, 1.82) is 0 Å². The molecule has 2 aromatic heterocycles. The molecule has 2 heterocycles. The number of rotatable bonds is 4. The summed E-state index contributed by atoms with van der Waals surface area (Å²) in [7, 11) is 0. The smallest absolute Gasteiger partial charge is 0.274 e. The van der Waals surface area contributed by atoms with Crippen molar-refractivity contribution in [2.75, 3.05) is 11.9 Å². The standard InChI is InChI=1S/C20H16FN3O2/c1-3-4-11-26-17-9-5-7-15(18(17)21)24-20(25)19-13(2)12-16-14(23-19)8-6-10-22-16/h5-10,12H,11H2,1-2H3,(H,24,25). The van der Waals surface area contributed by atoms with Crippen molar-refractivity contribution in [3.63, 3.8) is 0 Å². The molecule has 1 N–H and O–H groups in total. The maximum Gasteiger partial charge on any atom is 0.274 e. The quantitative estimate of drug-likeness (QED) is 0.729. The molecule has 1 amide bonds. The number of hydrogen-bond acceptors (Lipinski definition) is 4. The Morgan fingerprint density at radius 1 is 1.27 bits per heavy atom. The lowest BCUT2D eigenvalue weighted by molar-refractivity contribution is 0.102. The van der Waals surface area contributed by atoms with Crippen LogP contribution in [-0.2, 0) is 0 Å². The van der Waals surface area contributed by atoms with E-state index in [1.165, 1.54) is 12.1 Å². The minimum absolute atomic E-state index is 0.0180. The Balaban J connectivity index is 1.87. The summed E-state index contributed by atoms with van der Waals surface area (Å²) >= 11 is 0. The molecule has 130 valence electrons. The zero-order valence-corrected chi connectivity index (χ0v) is 14.3. The van der Waals surface area contributed by atoms with Gasteiger partial charge in [0.2, 0.25) is 0 Å². The summed E-state index contributed by atoms with van der Waals surface area (Å²) < 4.78 is 19.8. The van der Waals surface area contributed by atoms with Crippen molar-refractivity contribution in [1.82, 2.24) is 9.97 Å². The van der Waals surface area contributed by atoms with Gasteiger partial charge in [-0.2, -0.15) is 0 Å². The number of benzene rings is 1. The number of nitrogens with one attached hydrogen (secondary N) is 1. The van der Waals surface area contributed by atoms with Gasteiger partial charge >= 0.3 is 0 Å². The fourth-order valence-corrected chi connectivity index (χ4v) is 2.41. The number of anilines is 1. The lowest BCUT2D eigenvalue weighted by atomic mass is 10.1. The second-order valence-electron chi connectivity index (χ2n) is 5.48. The monoisotopic (exact) mass is 349 g/mol. The molecule has 0 aliphatic heterocycles. The topological polar surface area (TPSA) is 64.1 Å². The van der Waals surface area contributed by atoms with Crippen LogP contribution in [0.15, 0.2) is 42.6 Å². The molecule has 5 nitrogen and oxygen atoms in total. The first-order valence-electron chi connectivity index (χ1n) is 7.95. The van der Waals surface area contributed by atoms with E-state index in [0.717, 1.165) is 0 Å². The average Bonchev–Trinajstić information content (AvgIpc) is 2.64. The number of nitrogens with zero attached hydrogens (tertiary/aromatic N) is 2. The molecule has 3 rings (SSSR count). The van der Waals surface area contributed by atoms with Gasteiger partial charge in [0.05, 0.1) is 16.7 Å². The third-order valence-electron chi connectivity index (χ3n) is 3.68. The summed E-state index contributed by atoms with van der Waals surface area (Å²) in [6.45, 7) is 3.50. The van der Waals surface area contributed by atoms with Gasteiger partial charge in [0.15, 0.2) is 11.6 Å². The SMILES string of the molecule is CC#CCOc1cccc(NC(=O)c2nc3cccnc3cc2C)c1F. The van der Waals surface area contributed by atoms with Gasteiger partial charge in [0.25, 0.3) is 5.91 Å². The molecule has 0 fully saturated rings. The number of pyridine rings is 2. The van der Waals surface area contributed by atoms with Crippen molar-refractivity contribution < 1.29 is 13.9 Å². The number of ether oxygens (including phenoxy) is 1. The van der Waals surface area contributed by atoms with Crippen molar-refractivity contribution in [2.45, 2.75) is 13.8 Å². The normalized spacial score (nSPS) is 10.1. The summed E-state index contributed by atoms with van der Waals surface area (Å²) in [6.07, 6.45) is 1.66. The molecule has 0 saturated carbocycles. The molecular weight excluding hydrogens is 333 g/mol. The summed E-state index contributed by atoms with van der Waals surface area (Å²) in [4.78, 5) is 21.1. The van der Waals surface area contributed by atoms with Crippen LogP contribution in [0.1, 0.15) is 23.0 Å². The second-order valence-corrected chi connectivity index (χ2v) is 5.48. The largest absolute Gasteiger partial charge is 0.478 e. The minimum Gasteiger partial charge on any atom is -0.478 e. The molecule has 0 atom stereocenters. The van der Waals surface area contributed by atoms with E-state index in [4.69, 9.17) is 4.74 Å². The molecule has 1 aromatic carbocycles. The number of carbonyl (C=O) groups excluding carboxylic acids is 1. The number of hydrogen-bond donors (Lipinski definition) is 1. The molecule has 0 spiro atoms. The zero-order valence-electron chi connectivity index (χ0n) is 14.3. The average molecular weight is 349 g/mol. The summed E-state index contributed by atoms with van der Waals surface area (Å²) in [5.41, 5.74) is 2.18. The van der Waals surface area contributed by atoms with Crippen LogP contribution >= 0.6 is 0 Å². The van der Waals surface area contributed by atoms with E-state index in [-0.39, 0.29) is 23.7 Å². The maximum atomic E-state index is 14.5. The van der Waals surface area contributed by atoms with E-state index in [0.29, 0.717) is 16.6 Å². The van der Waals surface area contributed by atoms with Crippen LogP contribution in [0.2, 0.25) is 0 Å². The zero-order chi connectivity index (χ0) is 18.5. The van der Waals surface area contributed by atoms with Crippen LogP contribution in [0.25, 0.3) is 11.0 Å². The molecule has 0 aliphatic rings. The van der Waals surface area contributed by atoms with Gasteiger partial charge in [0, 0.05) is 6.20 Å². The van der Waals surface area contributed by atoms with Gasteiger partial charge < -0.3 is 10.1 Å². The Morgan fingerprint density at radius 3 is 2.92 bits per heavy atom. The van der Waals surface area contributed by atoms with E-state index in [1.807, 2.05) is 0 Å².